The van der Waals surface area contributed by atoms with Crippen molar-refractivity contribution in [1.29, 1.82) is 0 Å². The van der Waals surface area contributed by atoms with Crippen molar-refractivity contribution in [3.8, 4) is 11.1 Å². The summed E-state index contributed by atoms with van der Waals surface area (Å²) >= 11 is 0. The highest BCUT2D eigenvalue weighted by atomic mass is 19.4. The molecule has 0 bridgehead atoms. The van der Waals surface area contributed by atoms with Gasteiger partial charge in [0.1, 0.15) is 0 Å². The number of aryl methyl sites for hydroxylation is 1. The van der Waals surface area contributed by atoms with Crippen LogP contribution in [0.15, 0.2) is 36.4 Å². The summed E-state index contributed by atoms with van der Waals surface area (Å²) in [6, 6.07) is 6.72. The zero-order valence-electron chi connectivity index (χ0n) is 13.3. The van der Waals surface area contributed by atoms with Crippen molar-refractivity contribution in [1.82, 2.24) is 0 Å². The molecule has 0 N–H and O–H groups in total. The number of benzene rings is 2. The smallest absolute Gasteiger partial charge is 0.166 e. The molecule has 0 radical (unpaired) electrons. The molecule has 0 heterocycles. The predicted molar refractivity (Wildman–Crippen MR) is 80.7 cm³/mol. The summed E-state index contributed by atoms with van der Waals surface area (Å²) in [6.07, 6.45) is -9.70. The summed E-state index contributed by atoms with van der Waals surface area (Å²) in [5.74, 6) is -0.0382. The molecule has 2 aromatic carbocycles. The highest BCUT2D eigenvalue weighted by Gasteiger charge is 2.37. The Labute approximate surface area is 136 Å². The third-order valence-electron chi connectivity index (χ3n) is 3.73. The van der Waals surface area contributed by atoms with Crippen molar-refractivity contribution in [3.05, 3.63) is 58.7 Å². The van der Waals surface area contributed by atoms with E-state index >= 15 is 0 Å². The van der Waals surface area contributed by atoms with Crippen LogP contribution in [0, 0.1) is 6.92 Å². The molecule has 0 nitrogen and oxygen atoms in total. The van der Waals surface area contributed by atoms with Crippen LogP contribution in [0.1, 0.15) is 42.0 Å². The average Bonchev–Trinajstić information content (AvgIpc) is 2.44. The second-order valence-corrected chi connectivity index (χ2v) is 6.04. The maximum Gasteiger partial charge on any atom is 0.416 e. The third kappa shape index (κ3) is 3.91. The molecule has 0 atom stereocenters. The first-order valence-electron chi connectivity index (χ1n) is 7.30. The number of alkyl halides is 6. The quantitative estimate of drug-likeness (QED) is 0.523. The lowest BCUT2D eigenvalue weighted by Crippen LogP contribution is -2.11. The zero-order valence-corrected chi connectivity index (χ0v) is 13.3. The van der Waals surface area contributed by atoms with Crippen molar-refractivity contribution in [3.63, 3.8) is 0 Å². The van der Waals surface area contributed by atoms with E-state index < -0.39 is 23.5 Å². The molecular weight excluding hydrogens is 330 g/mol. The molecule has 2 aromatic rings. The van der Waals surface area contributed by atoms with E-state index in [1.165, 1.54) is 0 Å². The lowest BCUT2D eigenvalue weighted by molar-refractivity contribution is -0.143. The minimum absolute atomic E-state index is 0.0382. The fourth-order valence-corrected chi connectivity index (χ4v) is 2.53. The fraction of sp³-hybridized carbons (Fsp3) is 0.333. The summed E-state index contributed by atoms with van der Waals surface area (Å²) in [5, 5.41) is 0. The van der Waals surface area contributed by atoms with Crippen LogP contribution in [0.5, 0.6) is 0 Å². The van der Waals surface area contributed by atoms with Crippen molar-refractivity contribution >= 4 is 0 Å². The van der Waals surface area contributed by atoms with E-state index in [0.717, 1.165) is 17.7 Å². The van der Waals surface area contributed by atoms with Gasteiger partial charge in [-0.15, -0.1) is 0 Å². The standard InChI is InChI=1S/C18H16F6/c1-10(2)16-6-11(3)4-5-15(16)12-7-13(17(19,20)21)9-14(8-12)18(22,23)24/h4-10H,1-3H3. The topological polar surface area (TPSA) is 0 Å². The molecule has 6 heteroatoms. The monoisotopic (exact) mass is 346 g/mol. The first-order valence-corrected chi connectivity index (χ1v) is 7.30. The van der Waals surface area contributed by atoms with E-state index in [0.29, 0.717) is 11.1 Å². The van der Waals surface area contributed by atoms with Crippen LogP contribution >= 0.6 is 0 Å². The van der Waals surface area contributed by atoms with Gasteiger partial charge in [0.15, 0.2) is 0 Å². The first kappa shape index (κ1) is 18.4. The van der Waals surface area contributed by atoms with E-state index in [4.69, 9.17) is 0 Å². The maximum absolute atomic E-state index is 13.0. The van der Waals surface area contributed by atoms with Gasteiger partial charge in [0.2, 0.25) is 0 Å². The molecule has 2 rings (SSSR count). The van der Waals surface area contributed by atoms with Crippen molar-refractivity contribution < 1.29 is 26.3 Å². The van der Waals surface area contributed by atoms with Crippen molar-refractivity contribution in [2.24, 2.45) is 0 Å². The minimum Gasteiger partial charge on any atom is -0.166 e. The summed E-state index contributed by atoms with van der Waals surface area (Å²) in [7, 11) is 0. The Morgan fingerprint density at radius 1 is 0.750 bits per heavy atom. The van der Waals surface area contributed by atoms with Gasteiger partial charge in [0.25, 0.3) is 0 Å². The normalized spacial score (nSPS) is 12.8. The van der Waals surface area contributed by atoms with Gasteiger partial charge in [-0.1, -0.05) is 37.6 Å². The van der Waals surface area contributed by atoms with Crippen LogP contribution in [0.2, 0.25) is 0 Å². The van der Waals surface area contributed by atoms with Crippen LogP contribution < -0.4 is 0 Å². The Hall–Kier alpha value is -1.98. The average molecular weight is 346 g/mol. The van der Waals surface area contributed by atoms with Gasteiger partial charge in [-0.05, 0) is 47.7 Å². The molecule has 0 aromatic heterocycles. The molecule has 0 unspecified atom stereocenters. The van der Waals surface area contributed by atoms with Crippen LogP contribution in [-0.2, 0) is 12.4 Å². The highest BCUT2D eigenvalue weighted by Crippen LogP contribution is 2.40. The zero-order chi connectivity index (χ0) is 18.3. The van der Waals surface area contributed by atoms with Crippen LogP contribution in [-0.4, -0.2) is 0 Å². The maximum atomic E-state index is 13.0. The Morgan fingerprint density at radius 3 is 1.67 bits per heavy atom. The van der Waals surface area contributed by atoms with Gasteiger partial charge in [-0.2, -0.15) is 26.3 Å². The third-order valence-corrected chi connectivity index (χ3v) is 3.73. The Kier molecular flexibility index (Phi) is 4.70. The van der Waals surface area contributed by atoms with Crippen LogP contribution in [0.3, 0.4) is 0 Å². The van der Waals surface area contributed by atoms with Crippen molar-refractivity contribution in [2.45, 2.75) is 39.0 Å². The van der Waals surface area contributed by atoms with Gasteiger partial charge in [0.05, 0.1) is 11.1 Å². The lowest BCUT2D eigenvalue weighted by Gasteiger charge is -2.18. The number of halogens is 6. The molecule has 0 fully saturated rings. The molecule has 0 aliphatic rings. The van der Waals surface area contributed by atoms with Crippen LogP contribution in [0.25, 0.3) is 11.1 Å². The van der Waals surface area contributed by atoms with Gasteiger partial charge >= 0.3 is 12.4 Å². The summed E-state index contributed by atoms with van der Waals surface area (Å²) in [4.78, 5) is 0. The molecule has 24 heavy (non-hydrogen) atoms. The lowest BCUT2D eigenvalue weighted by atomic mass is 9.89. The van der Waals surface area contributed by atoms with Gasteiger partial charge < -0.3 is 0 Å². The van der Waals surface area contributed by atoms with Gasteiger partial charge in [-0.3, -0.25) is 0 Å². The molecule has 0 saturated carbocycles. The van der Waals surface area contributed by atoms with E-state index in [2.05, 4.69) is 0 Å². The Bertz CT molecular complexity index is 706. The number of hydrogen-bond acceptors (Lipinski definition) is 0. The van der Waals surface area contributed by atoms with E-state index in [1.54, 1.807) is 18.2 Å². The van der Waals surface area contributed by atoms with Gasteiger partial charge in [-0.25, -0.2) is 0 Å². The second kappa shape index (κ2) is 6.15. The molecule has 0 aliphatic heterocycles. The number of rotatable bonds is 2. The first-order chi connectivity index (χ1) is 10.9. The number of hydrogen-bond donors (Lipinski definition) is 0. The molecule has 130 valence electrons. The minimum atomic E-state index is -4.85. The highest BCUT2D eigenvalue weighted by molar-refractivity contribution is 5.70. The molecular formula is C18H16F6. The summed E-state index contributed by atoms with van der Waals surface area (Å²) in [5.41, 5.74) is -0.703. The largest absolute Gasteiger partial charge is 0.416 e. The summed E-state index contributed by atoms with van der Waals surface area (Å²) < 4.78 is 78.0. The van der Waals surface area contributed by atoms with Crippen molar-refractivity contribution in [2.75, 3.05) is 0 Å². The second-order valence-electron chi connectivity index (χ2n) is 6.04. The van der Waals surface area contributed by atoms with Crippen LogP contribution in [0.4, 0.5) is 26.3 Å². The molecule has 0 aliphatic carbocycles. The molecule has 0 spiro atoms. The SMILES string of the molecule is Cc1ccc(-c2cc(C(F)(F)F)cc(C(F)(F)F)c2)c(C(C)C)c1. The molecule has 0 amide bonds. The van der Waals surface area contributed by atoms with E-state index in [1.807, 2.05) is 20.8 Å². The Balaban J connectivity index is 2.75. The van der Waals surface area contributed by atoms with Gasteiger partial charge in [0, 0.05) is 0 Å². The predicted octanol–water partition coefficient (Wildman–Crippen LogP) is 6.82. The van der Waals surface area contributed by atoms with E-state index in [-0.39, 0.29) is 17.5 Å². The van der Waals surface area contributed by atoms with E-state index in [9.17, 15) is 26.3 Å². The Morgan fingerprint density at radius 2 is 1.25 bits per heavy atom. The summed E-state index contributed by atoms with van der Waals surface area (Å²) in [6.45, 7) is 5.51. The fourth-order valence-electron chi connectivity index (χ4n) is 2.53. The molecule has 0 saturated heterocycles.